The third-order valence-corrected chi connectivity index (χ3v) is 3.06. The molecule has 4 nitrogen and oxygen atoms in total. The van der Waals surface area contributed by atoms with Gasteiger partial charge < -0.3 is 14.8 Å². The maximum atomic E-state index is 5.27. The summed E-state index contributed by atoms with van der Waals surface area (Å²) in [5, 5.41) is 3.56. The summed E-state index contributed by atoms with van der Waals surface area (Å²) in [4.78, 5) is 2.36. The molecule has 1 aliphatic carbocycles. The molecule has 0 aromatic carbocycles. The number of methoxy groups -OCH3 is 2. The van der Waals surface area contributed by atoms with Crippen molar-refractivity contribution >= 4 is 0 Å². The number of nitrogens with one attached hydrogen (secondary N) is 1. The van der Waals surface area contributed by atoms with E-state index in [2.05, 4.69) is 17.3 Å². The highest BCUT2D eigenvalue weighted by Gasteiger charge is 2.23. The lowest BCUT2D eigenvalue weighted by molar-refractivity contribution is 0.0966. The molecule has 1 saturated carbocycles. The zero-order chi connectivity index (χ0) is 11.8. The maximum Gasteiger partial charge on any atom is 0.0630 e. The van der Waals surface area contributed by atoms with Crippen molar-refractivity contribution in [2.24, 2.45) is 0 Å². The summed E-state index contributed by atoms with van der Waals surface area (Å²) in [7, 11) is 5.68. The molecule has 1 unspecified atom stereocenters. The maximum absolute atomic E-state index is 5.27. The van der Waals surface area contributed by atoms with Crippen LogP contribution >= 0.6 is 0 Å². The van der Waals surface area contributed by atoms with Crippen molar-refractivity contribution in [3.05, 3.63) is 0 Å². The average molecular weight is 230 g/mol. The third kappa shape index (κ3) is 5.80. The van der Waals surface area contributed by atoms with Crippen LogP contribution in [-0.2, 0) is 9.47 Å². The van der Waals surface area contributed by atoms with Crippen molar-refractivity contribution in [1.29, 1.82) is 0 Å². The first-order chi connectivity index (χ1) is 7.77. The molecular formula is C12H26N2O2. The smallest absolute Gasteiger partial charge is 0.0630 e. The van der Waals surface area contributed by atoms with Crippen LogP contribution in [0.25, 0.3) is 0 Å². The van der Waals surface area contributed by atoms with Gasteiger partial charge in [0, 0.05) is 46.0 Å². The van der Waals surface area contributed by atoms with E-state index in [9.17, 15) is 0 Å². The molecule has 0 aromatic rings. The van der Waals surface area contributed by atoms with E-state index in [-0.39, 0.29) is 0 Å². The molecule has 0 heterocycles. The lowest BCUT2D eigenvalue weighted by Gasteiger charge is -2.27. The average Bonchev–Trinajstić information content (AvgIpc) is 3.08. The molecule has 0 radical (unpaired) electrons. The first-order valence-corrected chi connectivity index (χ1v) is 6.19. The molecule has 1 atom stereocenters. The second kappa shape index (κ2) is 8.01. The fraction of sp³-hybridized carbons (Fsp3) is 1.00. The Kier molecular flexibility index (Phi) is 6.96. The number of hydrogen-bond acceptors (Lipinski definition) is 4. The van der Waals surface area contributed by atoms with Crippen LogP contribution in [0, 0.1) is 0 Å². The van der Waals surface area contributed by atoms with Gasteiger partial charge in [-0.2, -0.15) is 0 Å². The van der Waals surface area contributed by atoms with Crippen LogP contribution in [0.1, 0.15) is 19.3 Å². The molecule has 1 N–H and O–H groups in total. The summed E-state index contributed by atoms with van der Waals surface area (Å²) in [5.41, 5.74) is 0. The van der Waals surface area contributed by atoms with E-state index >= 15 is 0 Å². The molecule has 0 bridgehead atoms. The van der Waals surface area contributed by atoms with Gasteiger partial charge in [-0.1, -0.05) is 0 Å². The SMILES string of the molecule is COCCCN(C)C(CNC1CC1)COC. The van der Waals surface area contributed by atoms with Gasteiger partial charge in [-0.25, -0.2) is 0 Å². The van der Waals surface area contributed by atoms with Gasteiger partial charge in [0.15, 0.2) is 0 Å². The Morgan fingerprint density at radius 3 is 2.62 bits per heavy atom. The zero-order valence-corrected chi connectivity index (χ0v) is 10.9. The van der Waals surface area contributed by atoms with Gasteiger partial charge in [0.2, 0.25) is 0 Å². The Morgan fingerprint density at radius 2 is 2.06 bits per heavy atom. The summed E-state index contributed by atoms with van der Waals surface area (Å²) in [6, 6.07) is 1.24. The number of ether oxygens (including phenoxy) is 2. The van der Waals surface area contributed by atoms with E-state index < -0.39 is 0 Å². The molecule has 4 heteroatoms. The number of nitrogens with zero attached hydrogens (tertiary/aromatic N) is 1. The first kappa shape index (κ1) is 13.9. The molecule has 0 amide bonds. The molecule has 1 aliphatic rings. The second-order valence-corrected chi connectivity index (χ2v) is 4.62. The largest absolute Gasteiger partial charge is 0.385 e. The molecule has 1 rings (SSSR count). The van der Waals surface area contributed by atoms with Crippen LogP contribution in [-0.4, -0.2) is 64.6 Å². The number of hydrogen-bond donors (Lipinski definition) is 1. The van der Waals surface area contributed by atoms with Gasteiger partial charge in [-0.05, 0) is 26.3 Å². The van der Waals surface area contributed by atoms with Crippen LogP contribution < -0.4 is 5.32 Å². The minimum Gasteiger partial charge on any atom is -0.385 e. The minimum atomic E-state index is 0.474. The van der Waals surface area contributed by atoms with Crippen LogP contribution in [0.3, 0.4) is 0 Å². The van der Waals surface area contributed by atoms with Crippen LogP contribution in [0.5, 0.6) is 0 Å². The van der Waals surface area contributed by atoms with E-state index in [1.165, 1.54) is 12.8 Å². The summed E-state index contributed by atoms with van der Waals surface area (Å²) in [6.07, 6.45) is 3.76. The number of likely N-dealkylation sites (N-methyl/N-ethyl adjacent to an activating group) is 1. The quantitative estimate of drug-likeness (QED) is 0.561. The fourth-order valence-corrected chi connectivity index (χ4v) is 1.77. The second-order valence-electron chi connectivity index (χ2n) is 4.62. The van der Waals surface area contributed by atoms with Crippen LogP contribution in [0.2, 0.25) is 0 Å². The van der Waals surface area contributed by atoms with Crippen molar-refractivity contribution in [1.82, 2.24) is 10.2 Å². The lowest BCUT2D eigenvalue weighted by atomic mass is 10.2. The molecule has 16 heavy (non-hydrogen) atoms. The van der Waals surface area contributed by atoms with Gasteiger partial charge in [0.1, 0.15) is 0 Å². The Morgan fingerprint density at radius 1 is 1.31 bits per heavy atom. The van der Waals surface area contributed by atoms with Crippen molar-refractivity contribution < 1.29 is 9.47 Å². The summed E-state index contributed by atoms with van der Waals surface area (Å²) in [5.74, 6) is 0. The highest BCUT2D eigenvalue weighted by Crippen LogP contribution is 2.18. The number of rotatable bonds is 10. The Labute approximate surface area is 99.3 Å². The molecule has 0 aromatic heterocycles. The van der Waals surface area contributed by atoms with Gasteiger partial charge in [-0.3, -0.25) is 4.90 Å². The van der Waals surface area contributed by atoms with E-state index in [0.717, 1.165) is 38.8 Å². The van der Waals surface area contributed by atoms with Crippen molar-refractivity contribution in [2.75, 3.05) is 47.6 Å². The highest BCUT2D eigenvalue weighted by molar-refractivity contribution is 4.83. The predicted octanol–water partition coefficient (Wildman–Crippen LogP) is 0.722. The van der Waals surface area contributed by atoms with Gasteiger partial charge in [-0.15, -0.1) is 0 Å². The van der Waals surface area contributed by atoms with E-state index in [1.807, 2.05) is 0 Å². The molecule has 0 aliphatic heterocycles. The molecule has 96 valence electrons. The van der Waals surface area contributed by atoms with E-state index in [4.69, 9.17) is 9.47 Å². The topological polar surface area (TPSA) is 33.7 Å². The van der Waals surface area contributed by atoms with E-state index in [0.29, 0.717) is 6.04 Å². The zero-order valence-electron chi connectivity index (χ0n) is 10.9. The van der Waals surface area contributed by atoms with E-state index in [1.54, 1.807) is 14.2 Å². The van der Waals surface area contributed by atoms with Crippen molar-refractivity contribution in [3.63, 3.8) is 0 Å². The van der Waals surface area contributed by atoms with Crippen molar-refractivity contribution in [3.8, 4) is 0 Å². The monoisotopic (exact) mass is 230 g/mol. The molecule has 0 spiro atoms. The predicted molar refractivity (Wildman–Crippen MR) is 65.8 cm³/mol. The first-order valence-electron chi connectivity index (χ1n) is 6.19. The van der Waals surface area contributed by atoms with Gasteiger partial charge in [0.25, 0.3) is 0 Å². The minimum absolute atomic E-state index is 0.474. The van der Waals surface area contributed by atoms with Crippen LogP contribution in [0.15, 0.2) is 0 Å². The van der Waals surface area contributed by atoms with Gasteiger partial charge in [0.05, 0.1) is 6.61 Å². The summed E-state index contributed by atoms with van der Waals surface area (Å²) in [6.45, 7) is 3.72. The van der Waals surface area contributed by atoms with Crippen LogP contribution in [0.4, 0.5) is 0 Å². The summed E-state index contributed by atoms with van der Waals surface area (Å²) >= 11 is 0. The molecular weight excluding hydrogens is 204 g/mol. The highest BCUT2D eigenvalue weighted by atomic mass is 16.5. The molecule has 1 fully saturated rings. The molecule has 0 saturated heterocycles. The van der Waals surface area contributed by atoms with Gasteiger partial charge >= 0.3 is 0 Å². The Balaban J connectivity index is 2.16. The fourth-order valence-electron chi connectivity index (χ4n) is 1.77. The Bertz CT molecular complexity index is 174. The normalized spacial score (nSPS) is 18.0. The summed E-state index contributed by atoms with van der Waals surface area (Å²) < 4.78 is 10.3. The lowest BCUT2D eigenvalue weighted by Crippen LogP contribution is -2.44. The third-order valence-electron chi connectivity index (χ3n) is 3.06. The standard InChI is InChI=1S/C12H26N2O2/c1-14(7-4-8-15-2)12(10-16-3)9-13-11-5-6-11/h11-13H,4-10H2,1-3H3. The Hall–Kier alpha value is -0.160. The van der Waals surface area contributed by atoms with Crippen molar-refractivity contribution in [2.45, 2.75) is 31.3 Å².